The Morgan fingerprint density at radius 2 is 1.59 bits per heavy atom. The monoisotopic (exact) mass is 457 g/mol. The number of rotatable bonds is 8. The maximum Gasteiger partial charge on any atom is 0.277 e. The molecular formula is C25H35N3O3S. The molecule has 2 aliphatic carbocycles. The van der Waals surface area contributed by atoms with Crippen molar-refractivity contribution in [3.63, 3.8) is 0 Å². The average Bonchev–Trinajstić information content (AvgIpc) is 3.27. The van der Waals surface area contributed by atoms with E-state index >= 15 is 0 Å². The highest BCUT2D eigenvalue weighted by Gasteiger charge is 2.32. The number of carbonyl (C=O) groups is 1. The molecule has 2 aliphatic rings. The topological polar surface area (TPSA) is 68.5 Å². The third-order valence-corrected chi connectivity index (χ3v) is 7.54. The van der Waals surface area contributed by atoms with Crippen LogP contribution in [0.1, 0.15) is 81.2 Å². The van der Waals surface area contributed by atoms with Crippen molar-refractivity contribution < 1.29 is 13.9 Å². The summed E-state index contributed by atoms with van der Waals surface area (Å²) in [7, 11) is 0. The van der Waals surface area contributed by atoms with E-state index in [4.69, 9.17) is 9.15 Å². The lowest BCUT2D eigenvalue weighted by molar-refractivity contribution is -0.135. The number of ether oxygens (including phenoxy) is 1. The molecule has 0 saturated heterocycles. The van der Waals surface area contributed by atoms with Crippen molar-refractivity contribution >= 4 is 17.7 Å². The Labute approximate surface area is 195 Å². The van der Waals surface area contributed by atoms with Crippen molar-refractivity contribution in [2.75, 3.05) is 5.75 Å². The van der Waals surface area contributed by atoms with Crippen LogP contribution in [0.3, 0.4) is 0 Å². The predicted octanol–water partition coefficient (Wildman–Crippen LogP) is 5.85. The number of hydrogen-bond donors (Lipinski definition) is 0. The van der Waals surface area contributed by atoms with Crippen molar-refractivity contribution in [2.45, 2.75) is 102 Å². The molecule has 2 aromatic rings. The van der Waals surface area contributed by atoms with Crippen LogP contribution in [0.4, 0.5) is 0 Å². The zero-order valence-electron chi connectivity index (χ0n) is 19.3. The van der Waals surface area contributed by atoms with Gasteiger partial charge < -0.3 is 14.1 Å². The first-order valence-corrected chi connectivity index (χ1v) is 13.1. The standard InChI is InChI=1S/C25H35N3O3S/c1-18-10-9-11-19(2)24(18)30-16-22-26-27-25(31-22)32-17-23(29)28(20-12-5-3-6-13-20)21-14-7-4-8-15-21/h9-11,20-21H,3-8,12-17H2,1-2H3. The minimum atomic E-state index is 0.223. The zero-order valence-corrected chi connectivity index (χ0v) is 20.2. The van der Waals surface area contributed by atoms with Crippen LogP contribution in [0.5, 0.6) is 5.75 Å². The smallest absolute Gasteiger partial charge is 0.277 e. The molecule has 0 atom stereocenters. The number of para-hydroxylation sites is 1. The first kappa shape index (κ1) is 23.1. The van der Waals surface area contributed by atoms with E-state index in [2.05, 4.69) is 15.1 Å². The second-order valence-electron chi connectivity index (χ2n) is 9.14. The Morgan fingerprint density at radius 1 is 1.00 bits per heavy atom. The summed E-state index contributed by atoms with van der Waals surface area (Å²) < 4.78 is 11.7. The molecular weight excluding hydrogens is 422 g/mol. The molecule has 1 aromatic heterocycles. The summed E-state index contributed by atoms with van der Waals surface area (Å²) >= 11 is 1.35. The van der Waals surface area contributed by atoms with Crippen molar-refractivity contribution in [1.29, 1.82) is 0 Å². The van der Waals surface area contributed by atoms with E-state index in [1.165, 1.54) is 50.3 Å². The van der Waals surface area contributed by atoms with E-state index in [9.17, 15) is 4.79 Å². The molecule has 7 heteroatoms. The largest absolute Gasteiger partial charge is 0.483 e. The van der Waals surface area contributed by atoms with Crippen LogP contribution in [-0.4, -0.2) is 38.8 Å². The number of amides is 1. The lowest BCUT2D eigenvalue weighted by Crippen LogP contribution is -2.49. The van der Waals surface area contributed by atoms with Gasteiger partial charge in [0.15, 0.2) is 6.61 Å². The molecule has 0 bridgehead atoms. The summed E-state index contributed by atoms with van der Waals surface area (Å²) in [5.41, 5.74) is 2.16. The molecule has 0 unspecified atom stereocenters. The van der Waals surface area contributed by atoms with Gasteiger partial charge in [-0.25, -0.2) is 0 Å². The Balaban J connectivity index is 1.33. The summed E-state index contributed by atoms with van der Waals surface area (Å²) in [5.74, 6) is 1.86. The molecule has 0 aliphatic heterocycles. The molecule has 1 aromatic carbocycles. The van der Waals surface area contributed by atoms with Gasteiger partial charge >= 0.3 is 0 Å². The van der Waals surface area contributed by atoms with Crippen molar-refractivity contribution in [1.82, 2.24) is 15.1 Å². The maximum atomic E-state index is 13.3. The predicted molar refractivity (Wildman–Crippen MR) is 126 cm³/mol. The summed E-state index contributed by atoms with van der Waals surface area (Å²) in [6.45, 7) is 4.27. The van der Waals surface area contributed by atoms with Gasteiger partial charge in [-0.05, 0) is 50.7 Å². The third-order valence-electron chi connectivity index (χ3n) is 6.74. The molecule has 1 heterocycles. The SMILES string of the molecule is Cc1cccc(C)c1OCc1nnc(SCC(=O)N(C2CCCCC2)C2CCCCC2)o1. The minimum Gasteiger partial charge on any atom is -0.483 e. The molecule has 0 radical (unpaired) electrons. The van der Waals surface area contributed by atoms with E-state index in [0.29, 0.717) is 29.0 Å². The van der Waals surface area contributed by atoms with Crippen LogP contribution in [0.15, 0.2) is 27.8 Å². The molecule has 1 amide bonds. The van der Waals surface area contributed by atoms with Gasteiger partial charge in [-0.3, -0.25) is 4.79 Å². The molecule has 0 spiro atoms. The fourth-order valence-electron chi connectivity index (χ4n) is 5.14. The fourth-order valence-corrected chi connectivity index (χ4v) is 5.79. The first-order chi connectivity index (χ1) is 15.6. The van der Waals surface area contributed by atoms with E-state index in [0.717, 1.165) is 42.6 Å². The van der Waals surface area contributed by atoms with Crippen LogP contribution in [0.2, 0.25) is 0 Å². The molecule has 4 rings (SSSR count). The molecule has 174 valence electrons. The van der Waals surface area contributed by atoms with Gasteiger partial charge in [0, 0.05) is 12.1 Å². The second-order valence-corrected chi connectivity index (χ2v) is 10.1. The Morgan fingerprint density at radius 3 is 2.19 bits per heavy atom. The van der Waals surface area contributed by atoms with Gasteiger partial charge in [-0.2, -0.15) is 0 Å². The van der Waals surface area contributed by atoms with Crippen molar-refractivity contribution in [3.8, 4) is 5.75 Å². The zero-order chi connectivity index (χ0) is 22.3. The highest BCUT2D eigenvalue weighted by molar-refractivity contribution is 7.99. The number of aryl methyl sites for hydroxylation is 2. The summed E-state index contributed by atoms with van der Waals surface area (Å²) in [6, 6.07) is 6.87. The molecule has 6 nitrogen and oxygen atoms in total. The number of thioether (sulfide) groups is 1. The average molecular weight is 458 g/mol. The summed E-state index contributed by atoms with van der Waals surface area (Å²) in [5, 5.41) is 8.67. The van der Waals surface area contributed by atoms with Gasteiger partial charge in [0.2, 0.25) is 5.91 Å². The third kappa shape index (κ3) is 5.85. The fraction of sp³-hybridized carbons (Fsp3) is 0.640. The summed E-state index contributed by atoms with van der Waals surface area (Å²) in [6.07, 6.45) is 12.1. The van der Waals surface area contributed by atoms with E-state index in [-0.39, 0.29) is 12.5 Å². The molecule has 2 saturated carbocycles. The lowest BCUT2D eigenvalue weighted by Gasteiger charge is -2.41. The highest BCUT2D eigenvalue weighted by atomic mass is 32.2. The van der Waals surface area contributed by atoms with Crippen LogP contribution in [-0.2, 0) is 11.4 Å². The van der Waals surface area contributed by atoms with Crippen molar-refractivity contribution in [2.24, 2.45) is 0 Å². The number of nitrogens with zero attached hydrogens (tertiary/aromatic N) is 3. The minimum absolute atomic E-state index is 0.223. The molecule has 32 heavy (non-hydrogen) atoms. The van der Waals surface area contributed by atoms with Gasteiger partial charge in [-0.1, -0.05) is 68.5 Å². The lowest BCUT2D eigenvalue weighted by atomic mass is 9.88. The van der Waals surface area contributed by atoms with Gasteiger partial charge in [0.05, 0.1) is 5.75 Å². The van der Waals surface area contributed by atoms with Gasteiger partial charge in [0.25, 0.3) is 11.1 Å². The van der Waals surface area contributed by atoms with Crippen LogP contribution in [0, 0.1) is 13.8 Å². The summed E-state index contributed by atoms with van der Waals surface area (Å²) in [4.78, 5) is 15.5. The Kier molecular flexibility index (Phi) is 8.11. The van der Waals surface area contributed by atoms with Crippen LogP contribution in [0.25, 0.3) is 0 Å². The van der Waals surface area contributed by atoms with Gasteiger partial charge in [0.1, 0.15) is 5.75 Å². The van der Waals surface area contributed by atoms with Crippen LogP contribution < -0.4 is 4.74 Å². The maximum absolute atomic E-state index is 13.3. The van der Waals surface area contributed by atoms with Gasteiger partial charge in [-0.15, -0.1) is 10.2 Å². The quantitative estimate of drug-likeness (QED) is 0.463. The number of hydrogen-bond acceptors (Lipinski definition) is 6. The normalized spacial score (nSPS) is 17.9. The van der Waals surface area contributed by atoms with Crippen LogP contribution >= 0.6 is 11.8 Å². The van der Waals surface area contributed by atoms with Crippen molar-refractivity contribution in [3.05, 3.63) is 35.2 Å². The molecule has 0 N–H and O–H groups in total. The molecule has 2 fully saturated rings. The van der Waals surface area contributed by atoms with E-state index in [1.807, 2.05) is 32.0 Å². The number of benzene rings is 1. The Bertz CT molecular complexity index is 850. The second kappa shape index (κ2) is 11.2. The van der Waals surface area contributed by atoms with E-state index < -0.39 is 0 Å². The highest BCUT2D eigenvalue weighted by Crippen LogP contribution is 2.31. The van der Waals surface area contributed by atoms with E-state index in [1.54, 1.807) is 0 Å². The number of aromatic nitrogens is 2. The number of carbonyl (C=O) groups excluding carboxylic acids is 1. The Hall–Kier alpha value is -2.02. The first-order valence-electron chi connectivity index (χ1n) is 12.1.